The molecule has 0 aromatic carbocycles. The number of methoxy groups -OCH3 is 1. The minimum Gasteiger partial charge on any atom is -0.465 e. The molecule has 122 valence electrons. The van der Waals surface area contributed by atoms with Gasteiger partial charge in [0.2, 0.25) is 0 Å². The van der Waals surface area contributed by atoms with Crippen molar-refractivity contribution >= 4 is 48.8 Å². The van der Waals surface area contributed by atoms with Crippen molar-refractivity contribution in [2.24, 2.45) is 0 Å². The maximum atomic E-state index is 11.2. The number of carbonyl (C=O) groups is 1. The zero-order chi connectivity index (χ0) is 16.9. The van der Waals surface area contributed by atoms with E-state index in [0.29, 0.717) is 4.88 Å². The lowest BCUT2D eigenvalue weighted by atomic mass is 10.3. The molecule has 0 radical (unpaired) electrons. The number of pyridine rings is 2. The van der Waals surface area contributed by atoms with E-state index >= 15 is 0 Å². The number of aliphatic hydroxyl groups excluding tert-OH is 1. The van der Waals surface area contributed by atoms with Gasteiger partial charge in [0, 0.05) is 49.8 Å². The molecule has 1 N–H and O–H groups in total. The summed E-state index contributed by atoms with van der Waals surface area (Å²) in [4.78, 5) is 20.7. The van der Waals surface area contributed by atoms with Crippen molar-refractivity contribution in [1.82, 2.24) is 9.97 Å². The fraction of sp³-hybridized carbons (Fsp3) is 0.118. The van der Waals surface area contributed by atoms with Crippen LogP contribution in [0.25, 0.3) is 20.2 Å². The molecule has 0 bridgehead atoms. The smallest absolute Gasteiger partial charge is 0.348 e. The first-order chi connectivity index (χ1) is 11.7. The van der Waals surface area contributed by atoms with E-state index in [1.165, 1.54) is 23.1 Å². The van der Waals surface area contributed by atoms with Crippen molar-refractivity contribution in [1.29, 1.82) is 0 Å². The molecular weight excluding hydrogens is 344 g/mol. The average molecular weight is 358 g/mol. The first kappa shape index (κ1) is 16.5. The van der Waals surface area contributed by atoms with Crippen molar-refractivity contribution in [3.63, 3.8) is 0 Å². The summed E-state index contributed by atoms with van der Waals surface area (Å²) in [5.41, 5.74) is 0. The third kappa shape index (κ3) is 3.59. The fourth-order valence-electron chi connectivity index (χ4n) is 2.10. The summed E-state index contributed by atoms with van der Waals surface area (Å²) in [5.74, 6) is -0.291. The summed E-state index contributed by atoms with van der Waals surface area (Å²) in [5, 5.41) is 10.9. The van der Waals surface area contributed by atoms with Crippen LogP contribution in [-0.4, -0.2) is 28.2 Å². The van der Waals surface area contributed by atoms with E-state index in [1.807, 2.05) is 24.4 Å². The van der Waals surface area contributed by atoms with Crippen LogP contribution in [0, 0.1) is 0 Å². The standard InChI is InChI=1S/C9H7NO2S.C8H7NOS/c1-12-9(11)8-4-6-5-10-3-2-7(6)13-8;10-5-7-3-6-4-9-2-1-8(6)11-7/h2-5H,1H3;1-4,10H,5H2. The molecule has 0 saturated carbocycles. The lowest BCUT2D eigenvalue weighted by molar-refractivity contribution is 0.0606. The van der Waals surface area contributed by atoms with Gasteiger partial charge >= 0.3 is 5.97 Å². The summed E-state index contributed by atoms with van der Waals surface area (Å²) in [6.07, 6.45) is 7.02. The Hall–Kier alpha value is -2.35. The second-order valence-corrected chi connectivity index (χ2v) is 7.05. The van der Waals surface area contributed by atoms with Gasteiger partial charge in [-0.2, -0.15) is 0 Å². The zero-order valence-electron chi connectivity index (χ0n) is 12.8. The first-order valence-corrected chi connectivity index (χ1v) is 8.69. The quantitative estimate of drug-likeness (QED) is 0.551. The molecule has 0 unspecified atom stereocenters. The predicted molar refractivity (Wildman–Crippen MR) is 96.5 cm³/mol. The second kappa shape index (κ2) is 7.48. The number of hydrogen-bond acceptors (Lipinski definition) is 7. The lowest BCUT2D eigenvalue weighted by Crippen LogP contribution is -1.96. The number of fused-ring (bicyclic) bond motifs is 2. The van der Waals surface area contributed by atoms with Crippen LogP contribution in [0.15, 0.2) is 49.1 Å². The van der Waals surface area contributed by atoms with Crippen LogP contribution in [-0.2, 0) is 11.3 Å². The summed E-state index contributed by atoms with van der Waals surface area (Å²) in [6.45, 7) is 0.124. The van der Waals surface area contributed by atoms with Crippen molar-refractivity contribution in [2.75, 3.05) is 7.11 Å². The average Bonchev–Trinajstić information content (AvgIpc) is 3.24. The highest BCUT2D eigenvalue weighted by Crippen LogP contribution is 2.25. The summed E-state index contributed by atoms with van der Waals surface area (Å²) >= 11 is 3.02. The van der Waals surface area contributed by atoms with Gasteiger partial charge in [-0.3, -0.25) is 9.97 Å². The number of nitrogens with zero attached hydrogens (tertiary/aromatic N) is 2. The minimum absolute atomic E-state index is 0.124. The monoisotopic (exact) mass is 358 g/mol. The van der Waals surface area contributed by atoms with Gasteiger partial charge in [0.15, 0.2) is 0 Å². The van der Waals surface area contributed by atoms with Gasteiger partial charge in [-0.1, -0.05) is 0 Å². The molecule has 5 nitrogen and oxygen atoms in total. The molecule has 0 aliphatic heterocycles. The largest absolute Gasteiger partial charge is 0.465 e. The molecule has 0 spiro atoms. The molecule has 4 aromatic heterocycles. The minimum atomic E-state index is -0.291. The van der Waals surface area contributed by atoms with Crippen molar-refractivity contribution in [2.45, 2.75) is 6.61 Å². The maximum Gasteiger partial charge on any atom is 0.348 e. The van der Waals surface area contributed by atoms with Gasteiger partial charge in [-0.15, -0.1) is 22.7 Å². The van der Waals surface area contributed by atoms with Gasteiger partial charge in [-0.25, -0.2) is 4.79 Å². The number of thiophene rings is 2. The Balaban J connectivity index is 0.000000143. The zero-order valence-corrected chi connectivity index (χ0v) is 14.4. The normalized spacial score (nSPS) is 10.4. The summed E-state index contributed by atoms with van der Waals surface area (Å²) < 4.78 is 6.85. The molecule has 4 heterocycles. The summed E-state index contributed by atoms with van der Waals surface area (Å²) in [6, 6.07) is 7.59. The van der Waals surface area contributed by atoms with Crippen molar-refractivity contribution in [3.05, 3.63) is 58.8 Å². The number of esters is 1. The van der Waals surface area contributed by atoms with E-state index in [2.05, 4.69) is 14.7 Å². The Morgan fingerprint density at radius 1 is 1.08 bits per heavy atom. The highest BCUT2D eigenvalue weighted by atomic mass is 32.1. The number of rotatable bonds is 2. The van der Waals surface area contributed by atoms with Gasteiger partial charge in [0.1, 0.15) is 4.88 Å². The van der Waals surface area contributed by atoms with Gasteiger partial charge in [0.25, 0.3) is 0 Å². The number of ether oxygens (including phenoxy) is 1. The van der Waals surface area contributed by atoms with Gasteiger partial charge in [-0.05, 0) is 24.3 Å². The van der Waals surface area contributed by atoms with Crippen LogP contribution >= 0.6 is 22.7 Å². The molecule has 24 heavy (non-hydrogen) atoms. The number of hydrogen-bond donors (Lipinski definition) is 1. The number of carbonyl (C=O) groups excluding carboxylic acids is 1. The Morgan fingerprint density at radius 2 is 1.71 bits per heavy atom. The molecule has 0 saturated heterocycles. The molecule has 4 aromatic rings. The van der Waals surface area contributed by atoms with Crippen LogP contribution in [0.4, 0.5) is 0 Å². The highest BCUT2D eigenvalue weighted by Gasteiger charge is 2.09. The second-order valence-electron chi connectivity index (χ2n) is 4.80. The predicted octanol–water partition coefficient (Wildman–Crippen LogP) is 3.87. The molecule has 0 aliphatic rings. The van der Waals surface area contributed by atoms with Crippen LogP contribution in [0.5, 0.6) is 0 Å². The van der Waals surface area contributed by atoms with Crippen molar-refractivity contribution < 1.29 is 14.6 Å². The Kier molecular flexibility index (Phi) is 5.14. The van der Waals surface area contributed by atoms with Crippen molar-refractivity contribution in [3.8, 4) is 0 Å². The van der Waals surface area contributed by atoms with Crippen LogP contribution in [0.3, 0.4) is 0 Å². The maximum absolute atomic E-state index is 11.2. The third-order valence-electron chi connectivity index (χ3n) is 3.23. The highest BCUT2D eigenvalue weighted by molar-refractivity contribution is 7.20. The lowest BCUT2D eigenvalue weighted by Gasteiger charge is -1.90. The Bertz CT molecular complexity index is 912. The van der Waals surface area contributed by atoms with E-state index in [9.17, 15) is 4.79 Å². The van der Waals surface area contributed by atoms with Crippen LogP contribution in [0.1, 0.15) is 14.5 Å². The molecule has 4 rings (SSSR count). The van der Waals surface area contributed by atoms with E-state index in [-0.39, 0.29) is 12.6 Å². The molecule has 0 amide bonds. The third-order valence-corrected chi connectivity index (χ3v) is 5.42. The van der Waals surface area contributed by atoms with E-state index in [0.717, 1.165) is 20.3 Å². The Morgan fingerprint density at radius 3 is 2.25 bits per heavy atom. The van der Waals surface area contributed by atoms with E-state index in [1.54, 1.807) is 36.0 Å². The molecule has 0 atom stereocenters. The van der Waals surface area contributed by atoms with E-state index < -0.39 is 0 Å². The molecule has 0 fully saturated rings. The van der Waals surface area contributed by atoms with Gasteiger partial charge < -0.3 is 9.84 Å². The van der Waals surface area contributed by atoms with E-state index in [4.69, 9.17) is 5.11 Å². The number of aliphatic hydroxyl groups is 1. The molecular formula is C17H14N2O3S2. The number of aromatic nitrogens is 2. The van der Waals surface area contributed by atoms with Crippen LogP contribution in [0.2, 0.25) is 0 Å². The molecule has 0 aliphatic carbocycles. The fourth-order valence-corrected chi connectivity index (χ4v) is 3.94. The topological polar surface area (TPSA) is 72.3 Å². The summed E-state index contributed by atoms with van der Waals surface area (Å²) in [7, 11) is 1.38. The first-order valence-electron chi connectivity index (χ1n) is 7.06. The molecule has 7 heteroatoms. The SMILES string of the molecule is COC(=O)c1cc2cnccc2s1.OCc1cc2cnccc2s1. The Labute approximate surface area is 146 Å². The van der Waals surface area contributed by atoms with Gasteiger partial charge in [0.05, 0.1) is 13.7 Å². The van der Waals surface area contributed by atoms with Crippen LogP contribution < -0.4 is 0 Å².